The number of nitrogens with zero attached hydrogens (tertiary/aromatic N) is 2. The number of nitrogens with one attached hydrogen (secondary N) is 3. The number of fused-ring (bicyclic) bond motifs is 4. The topological polar surface area (TPSA) is 98.2 Å². The molecule has 0 aliphatic carbocycles. The molecule has 2 atom stereocenters. The molecule has 254 valence electrons. The van der Waals surface area contributed by atoms with E-state index in [0.29, 0.717) is 54.5 Å². The molecule has 2 unspecified atom stereocenters. The van der Waals surface area contributed by atoms with Gasteiger partial charge in [0.15, 0.2) is 0 Å². The molecule has 4 bridgehead atoms. The summed E-state index contributed by atoms with van der Waals surface area (Å²) in [6.45, 7) is 2.59. The second-order valence-electron chi connectivity index (χ2n) is 11.7. The summed E-state index contributed by atoms with van der Waals surface area (Å²) in [5.41, 5.74) is 2.28. The van der Waals surface area contributed by atoms with Gasteiger partial charge in [0.05, 0.1) is 55.9 Å². The van der Waals surface area contributed by atoms with Gasteiger partial charge in [0.1, 0.15) is 24.7 Å². The van der Waals surface area contributed by atoms with Crippen molar-refractivity contribution in [2.75, 3.05) is 84.5 Å². The Morgan fingerprint density at radius 3 is 2.64 bits per heavy atom. The van der Waals surface area contributed by atoms with Gasteiger partial charge in [0.25, 0.3) is 5.91 Å². The number of piperidine rings is 1. The van der Waals surface area contributed by atoms with Crippen LogP contribution in [0, 0.1) is 17.8 Å². The van der Waals surface area contributed by atoms with Gasteiger partial charge in [-0.15, -0.1) is 0 Å². The normalized spacial score (nSPS) is 20.1. The van der Waals surface area contributed by atoms with Crippen molar-refractivity contribution in [3.8, 4) is 23.3 Å². The minimum Gasteiger partial charge on any atom is -0.495 e. The third-order valence-corrected chi connectivity index (χ3v) is 8.41. The quantitative estimate of drug-likeness (QED) is 0.353. The zero-order valence-corrected chi connectivity index (χ0v) is 27.0. The van der Waals surface area contributed by atoms with Gasteiger partial charge in [-0.25, -0.2) is 0 Å². The third kappa shape index (κ3) is 8.82. The van der Waals surface area contributed by atoms with Crippen molar-refractivity contribution in [1.29, 1.82) is 0 Å². The van der Waals surface area contributed by atoms with Crippen molar-refractivity contribution in [3.63, 3.8) is 0 Å². The van der Waals surface area contributed by atoms with Gasteiger partial charge in [0, 0.05) is 43.4 Å². The van der Waals surface area contributed by atoms with Crippen molar-refractivity contribution in [1.82, 2.24) is 14.8 Å². The molecule has 13 heteroatoms. The minimum absolute atomic E-state index is 0.0914. The van der Waals surface area contributed by atoms with E-state index in [2.05, 4.69) is 39.7 Å². The Morgan fingerprint density at radius 1 is 1.09 bits per heavy atom. The highest BCUT2D eigenvalue weighted by molar-refractivity contribution is 5.98. The number of ether oxygens (including phenoxy) is 4. The van der Waals surface area contributed by atoms with Crippen LogP contribution in [0.5, 0.6) is 11.5 Å². The van der Waals surface area contributed by atoms with Gasteiger partial charge >= 0.3 is 6.18 Å². The zero-order valence-electron chi connectivity index (χ0n) is 27.0. The van der Waals surface area contributed by atoms with E-state index in [-0.39, 0.29) is 42.3 Å². The molecule has 1 fully saturated rings. The van der Waals surface area contributed by atoms with Crippen LogP contribution in [0.15, 0.2) is 36.4 Å². The number of likely N-dealkylation sites (tertiary alicyclic amines) is 1. The Labute approximate surface area is 272 Å². The molecule has 1 aromatic heterocycles. The van der Waals surface area contributed by atoms with Crippen LogP contribution in [0.4, 0.5) is 24.5 Å². The Hall–Kier alpha value is -4.12. The van der Waals surface area contributed by atoms with Gasteiger partial charge in [-0.05, 0) is 62.5 Å². The molecular weight excluding hydrogens is 615 g/mol. The van der Waals surface area contributed by atoms with Crippen LogP contribution in [0.1, 0.15) is 28.9 Å². The van der Waals surface area contributed by atoms with Crippen LogP contribution in [0.3, 0.4) is 0 Å². The van der Waals surface area contributed by atoms with Crippen molar-refractivity contribution < 1.29 is 36.9 Å². The number of methoxy groups -OCH3 is 1. The molecule has 3 N–H and O–H groups in total. The van der Waals surface area contributed by atoms with Crippen molar-refractivity contribution >= 4 is 28.2 Å². The molecule has 10 nitrogen and oxygen atoms in total. The van der Waals surface area contributed by atoms with Gasteiger partial charge in [-0.2, -0.15) is 13.2 Å². The van der Waals surface area contributed by atoms with Crippen LogP contribution in [0.2, 0.25) is 0 Å². The van der Waals surface area contributed by atoms with E-state index in [0.717, 1.165) is 31.6 Å². The van der Waals surface area contributed by atoms with Crippen molar-refractivity contribution in [2.24, 2.45) is 5.92 Å². The highest BCUT2D eigenvalue weighted by atomic mass is 19.4. The molecule has 2 aliphatic rings. The summed E-state index contributed by atoms with van der Waals surface area (Å²) in [6, 6.07) is 10.4. The number of hydrogen-bond donors (Lipinski definition) is 3. The Kier molecular flexibility index (Phi) is 11.4. The first kappa shape index (κ1) is 34.2. The van der Waals surface area contributed by atoms with E-state index in [1.54, 1.807) is 30.3 Å². The van der Waals surface area contributed by atoms with E-state index < -0.39 is 12.7 Å². The molecule has 3 heterocycles. The van der Waals surface area contributed by atoms with Crippen LogP contribution in [-0.2, 0) is 16.0 Å². The summed E-state index contributed by atoms with van der Waals surface area (Å²) in [5.74, 6) is 6.55. The number of rotatable bonds is 3. The summed E-state index contributed by atoms with van der Waals surface area (Å²) >= 11 is 0. The van der Waals surface area contributed by atoms with Crippen molar-refractivity contribution in [2.45, 2.75) is 31.6 Å². The Bertz CT molecular complexity index is 1600. The molecule has 0 spiro atoms. The lowest BCUT2D eigenvalue weighted by atomic mass is 9.89. The smallest absolute Gasteiger partial charge is 0.406 e. The van der Waals surface area contributed by atoms with Gasteiger partial charge < -0.3 is 44.4 Å². The first-order chi connectivity index (χ1) is 22.7. The third-order valence-electron chi connectivity index (χ3n) is 8.41. The summed E-state index contributed by atoms with van der Waals surface area (Å²) in [7, 11) is 5.09. The SMILES string of the molecule is CNC(=O)c1cc(OC)c2cc1OCCOCCOCCC1CN(C)CCC1Nc1cccc3c1cc(n3CC(F)(F)F)C#CCN2. The average molecular weight is 658 g/mol. The number of amides is 1. The summed E-state index contributed by atoms with van der Waals surface area (Å²) < 4.78 is 65.7. The fourth-order valence-electron chi connectivity index (χ4n) is 6.10. The standard InChI is InChI=1S/C34H42F3N5O5/c1-38-33(43)26-19-32(44-3)29-20-31(26)47-17-16-46-15-14-45-13-10-23-21-41(2)12-9-27(23)40-28-7-4-8-30-25(28)18-24(6-5-11-39-29)42(30)22-34(35,36)37/h4,7-8,18-20,23,27,39-40H,9-17,21-22H2,1-3H3,(H,38,43). The number of benzene rings is 2. The number of carbonyl (C=O) groups is 1. The molecule has 3 aromatic rings. The predicted molar refractivity (Wildman–Crippen MR) is 175 cm³/mol. The molecule has 1 saturated heterocycles. The first-order valence-corrected chi connectivity index (χ1v) is 15.8. The number of halogens is 3. The van der Waals surface area contributed by atoms with Crippen molar-refractivity contribution in [3.05, 3.63) is 47.7 Å². The largest absolute Gasteiger partial charge is 0.495 e. The zero-order chi connectivity index (χ0) is 33.4. The highest BCUT2D eigenvalue weighted by Crippen LogP contribution is 2.34. The van der Waals surface area contributed by atoms with Gasteiger partial charge in [-0.1, -0.05) is 12.0 Å². The first-order valence-electron chi connectivity index (χ1n) is 15.8. The summed E-state index contributed by atoms with van der Waals surface area (Å²) in [4.78, 5) is 14.9. The van der Waals surface area contributed by atoms with Crippen LogP contribution in [0.25, 0.3) is 10.9 Å². The van der Waals surface area contributed by atoms with E-state index in [1.807, 2.05) is 6.07 Å². The summed E-state index contributed by atoms with van der Waals surface area (Å²) in [6.07, 6.45) is -2.72. The van der Waals surface area contributed by atoms with E-state index in [1.165, 1.54) is 18.7 Å². The molecule has 2 aromatic carbocycles. The molecular formula is C34H42F3N5O5. The minimum atomic E-state index is -4.44. The number of aromatic nitrogens is 1. The maximum Gasteiger partial charge on any atom is 0.406 e. The number of anilines is 2. The van der Waals surface area contributed by atoms with E-state index >= 15 is 0 Å². The molecule has 1 amide bonds. The van der Waals surface area contributed by atoms with Crippen LogP contribution in [-0.4, -0.2) is 101 Å². The number of hydrogen-bond acceptors (Lipinski definition) is 8. The van der Waals surface area contributed by atoms with E-state index in [9.17, 15) is 18.0 Å². The van der Waals surface area contributed by atoms with Crippen LogP contribution >= 0.6 is 0 Å². The molecule has 5 rings (SSSR count). The van der Waals surface area contributed by atoms with Gasteiger partial charge in [-0.3, -0.25) is 4.79 Å². The summed E-state index contributed by atoms with van der Waals surface area (Å²) in [5, 5.41) is 10.1. The number of alkyl halides is 3. The lowest BCUT2D eigenvalue weighted by Gasteiger charge is -2.38. The van der Waals surface area contributed by atoms with Gasteiger partial charge in [0.2, 0.25) is 0 Å². The van der Waals surface area contributed by atoms with E-state index in [4.69, 9.17) is 18.9 Å². The molecule has 2 aliphatic heterocycles. The Balaban J connectivity index is 1.50. The maximum absolute atomic E-state index is 13.8. The lowest BCUT2D eigenvalue weighted by Crippen LogP contribution is -2.45. The molecule has 47 heavy (non-hydrogen) atoms. The highest BCUT2D eigenvalue weighted by Gasteiger charge is 2.31. The second kappa shape index (κ2) is 15.6. The predicted octanol–water partition coefficient (Wildman–Crippen LogP) is 4.58. The lowest BCUT2D eigenvalue weighted by molar-refractivity contribution is -0.140. The fourth-order valence-corrected chi connectivity index (χ4v) is 6.10. The second-order valence-corrected chi connectivity index (χ2v) is 11.7. The number of carbonyl (C=O) groups excluding carboxylic acids is 1. The average Bonchev–Trinajstić information content (AvgIpc) is 3.38. The monoisotopic (exact) mass is 657 g/mol. The maximum atomic E-state index is 13.8. The fraction of sp³-hybridized carbons (Fsp3) is 0.500. The Morgan fingerprint density at radius 2 is 1.87 bits per heavy atom. The van der Waals surface area contributed by atoms with Crippen LogP contribution < -0.4 is 25.4 Å². The molecule has 0 saturated carbocycles. The molecule has 0 radical (unpaired) electrons.